The molecule has 43 heavy (non-hydrogen) atoms. The molecule has 3 unspecified atom stereocenters. The number of unbranched alkanes of at least 4 members (excludes halogenated alkanes) is 9. The fraction of sp³-hybridized carbons (Fsp3) is 0.676. The summed E-state index contributed by atoms with van der Waals surface area (Å²) in [5, 5.41) is 0. The van der Waals surface area contributed by atoms with Gasteiger partial charge in [0, 0.05) is 11.1 Å². The third-order valence-corrected chi connectivity index (χ3v) is 9.91. The molecule has 5 rings (SSSR count). The lowest BCUT2D eigenvalue weighted by atomic mass is 9.80. The number of hydrogen-bond acceptors (Lipinski definition) is 2. The van der Waals surface area contributed by atoms with Crippen LogP contribution in [0, 0.1) is 35.1 Å². The van der Waals surface area contributed by atoms with Crippen LogP contribution in [0.2, 0.25) is 0 Å². The normalized spacial score (nSPS) is 21.2. The highest BCUT2D eigenvalue weighted by Gasteiger charge is 2.39. The maximum Gasteiger partial charge on any atom is 0.201 e. The van der Waals surface area contributed by atoms with Gasteiger partial charge in [-0.2, -0.15) is 4.39 Å². The Balaban J connectivity index is 1.10. The second-order valence-corrected chi connectivity index (χ2v) is 13.4. The number of aryl methyl sites for hydroxylation is 1. The molecular weight excluding hydrogens is 552 g/mol. The van der Waals surface area contributed by atoms with Gasteiger partial charge in [-0.15, -0.1) is 0 Å². The van der Waals surface area contributed by atoms with Crippen molar-refractivity contribution in [2.45, 2.75) is 141 Å². The smallest absolute Gasteiger partial charge is 0.201 e. The molecular formula is C37H50F4O2. The largest absolute Gasteiger partial charge is 0.488 e. The SMILES string of the molecule is CCCCCCC1OC1COc1ccc(-c2cc3c(c(F)c2F)CC(CCCCCCCCCC2CC2)CC3)c(F)c1F. The predicted octanol–water partition coefficient (Wildman–Crippen LogP) is 11.1. The number of ether oxygens (including phenoxy) is 2. The van der Waals surface area contributed by atoms with Crippen molar-refractivity contribution >= 4 is 0 Å². The van der Waals surface area contributed by atoms with E-state index in [2.05, 4.69) is 6.92 Å². The van der Waals surface area contributed by atoms with Crippen molar-refractivity contribution in [1.82, 2.24) is 0 Å². The molecule has 1 aliphatic heterocycles. The number of rotatable bonds is 19. The van der Waals surface area contributed by atoms with E-state index >= 15 is 13.2 Å². The summed E-state index contributed by atoms with van der Waals surface area (Å²) in [7, 11) is 0. The van der Waals surface area contributed by atoms with E-state index in [0.29, 0.717) is 29.9 Å². The van der Waals surface area contributed by atoms with E-state index in [9.17, 15) is 4.39 Å². The quantitative estimate of drug-likeness (QED) is 0.0906. The van der Waals surface area contributed by atoms with Gasteiger partial charge in [0.1, 0.15) is 12.7 Å². The summed E-state index contributed by atoms with van der Waals surface area (Å²) in [5.41, 5.74) is 0.595. The highest BCUT2D eigenvalue weighted by atomic mass is 19.2. The zero-order valence-electron chi connectivity index (χ0n) is 26.0. The first-order valence-corrected chi connectivity index (χ1v) is 17.2. The summed E-state index contributed by atoms with van der Waals surface area (Å²) in [6.45, 7) is 2.30. The van der Waals surface area contributed by atoms with Gasteiger partial charge in [-0.3, -0.25) is 0 Å². The first-order valence-electron chi connectivity index (χ1n) is 17.2. The van der Waals surface area contributed by atoms with Gasteiger partial charge in [0.2, 0.25) is 5.82 Å². The summed E-state index contributed by atoms with van der Waals surface area (Å²) in [6.07, 6.45) is 21.8. The minimum absolute atomic E-state index is 0.104. The van der Waals surface area contributed by atoms with Crippen molar-refractivity contribution in [3.8, 4) is 16.9 Å². The predicted molar refractivity (Wildman–Crippen MR) is 164 cm³/mol. The van der Waals surface area contributed by atoms with Crippen LogP contribution >= 0.6 is 0 Å². The summed E-state index contributed by atoms with van der Waals surface area (Å²) < 4.78 is 71.8. The molecule has 2 fully saturated rings. The first kappa shape index (κ1) is 32.3. The molecule has 1 heterocycles. The van der Waals surface area contributed by atoms with E-state index in [0.717, 1.165) is 44.4 Å². The van der Waals surface area contributed by atoms with Crippen molar-refractivity contribution in [3.63, 3.8) is 0 Å². The maximum atomic E-state index is 15.3. The van der Waals surface area contributed by atoms with Crippen LogP contribution in [-0.2, 0) is 17.6 Å². The molecule has 3 aliphatic rings. The van der Waals surface area contributed by atoms with E-state index in [1.807, 2.05) is 0 Å². The van der Waals surface area contributed by atoms with Crippen LogP contribution in [0.15, 0.2) is 18.2 Å². The van der Waals surface area contributed by atoms with Crippen LogP contribution in [0.1, 0.15) is 127 Å². The molecule has 0 aromatic heterocycles. The van der Waals surface area contributed by atoms with Crippen LogP contribution in [-0.4, -0.2) is 18.8 Å². The van der Waals surface area contributed by atoms with Gasteiger partial charge >= 0.3 is 0 Å². The fourth-order valence-corrected chi connectivity index (χ4v) is 6.88. The summed E-state index contributed by atoms with van der Waals surface area (Å²) in [6, 6.07) is 4.10. The van der Waals surface area contributed by atoms with Crippen LogP contribution < -0.4 is 4.74 Å². The van der Waals surface area contributed by atoms with E-state index in [4.69, 9.17) is 9.47 Å². The molecule has 238 valence electrons. The van der Waals surface area contributed by atoms with E-state index in [-0.39, 0.29) is 35.7 Å². The topological polar surface area (TPSA) is 21.8 Å². The van der Waals surface area contributed by atoms with Crippen LogP contribution in [0.5, 0.6) is 5.75 Å². The number of halogens is 4. The monoisotopic (exact) mass is 602 g/mol. The fourth-order valence-electron chi connectivity index (χ4n) is 6.88. The number of benzene rings is 2. The molecule has 2 aliphatic carbocycles. The van der Waals surface area contributed by atoms with Gasteiger partial charge in [0.15, 0.2) is 23.2 Å². The Bertz CT molecular complexity index is 1190. The average Bonchev–Trinajstić information content (AvgIpc) is 3.95. The molecule has 1 saturated carbocycles. The van der Waals surface area contributed by atoms with Crippen molar-refractivity contribution in [2.24, 2.45) is 11.8 Å². The maximum absolute atomic E-state index is 15.3. The minimum Gasteiger partial charge on any atom is -0.488 e. The highest BCUT2D eigenvalue weighted by molar-refractivity contribution is 5.68. The Hall–Kier alpha value is -2.08. The van der Waals surface area contributed by atoms with Crippen LogP contribution in [0.4, 0.5) is 17.6 Å². The molecule has 0 spiro atoms. The molecule has 6 heteroatoms. The van der Waals surface area contributed by atoms with Gasteiger partial charge in [0.05, 0.1) is 6.10 Å². The van der Waals surface area contributed by atoms with Gasteiger partial charge in [0.25, 0.3) is 0 Å². The van der Waals surface area contributed by atoms with E-state index < -0.39 is 23.3 Å². The van der Waals surface area contributed by atoms with Gasteiger partial charge in [-0.05, 0) is 66.8 Å². The minimum atomic E-state index is -1.22. The first-order chi connectivity index (χ1) is 21.0. The Kier molecular flexibility index (Phi) is 11.9. The van der Waals surface area contributed by atoms with Gasteiger partial charge in [-0.25, -0.2) is 13.2 Å². The molecule has 0 radical (unpaired) electrons. The van der Waals surface area contributed by atoms with Crippen LogP contribution in [0.25, 0.3) is 11.1 Å². The van der Waals surface area contributed by atoms with E-state index in [1.165, 1.54) is 88.8 Å². The molecule has 0 N–H and O–H groups in total. The lowest BCUT2D eigenvalue weighted by Gasteiger charge is -2.26. The van der Waals surface area contributed by atoms with Crippen molar-refractivity contribution < 1.29 is 27.0 Å². The number of hydrogen-bond donors (Lipinski definition) is 0. The zero-order valence-corrected chi connectivity index (χ0v) is 26.0. The standard InChI is InChI=1S/C37H50F4O2/c1-2-3-4-12-15-31-33(43-31)24-42-32-21-20-28(34(38)37(32)41)30-23-27-19-18-26(22-29(27)35(39)36(30)40)14-11-9-7-5-6-8-10-13-25-16-17-25/h20-21,23,25-26,31,33H,2-19,22,24H2,1H3. The molecule has 2 nitrogen and oxygen atoms in total. The van der Waals surface area contributed by atoms with Gasteiger partial charge in [-0.1, -0.05) is 103 Å². The van der Waals surface area contributed by atoms with Crippen molar-refractivity contribution in [3.05, 3.63) is 52.6 Å². The number of fused-ring (bicyclic) bond motifs is 1. The Morgan fingerprint density at radius 3 is 2.05 bits per heavy atom. The molecule has 3 atom stereocenters. The Morgan fingerprint density at radius 1 is 0.674 bits per heavy atom. The molecule has 1 saturated heterocycles. The van der Waals surface area contributed by atoms with Crippen molar-refractivity contribution in [2.75, 3.05) is 6.61 Å². The molecule has 2 aromatic carbocycles. The lowest BCUT2D eigenvalue weighted by molar-refractivity contribution is 0.248. The molecule has 2 aromatic rings. The highest BCUT2D eigenvalue weighted by Crippen LogP contribution is 2.39. The summed E-state index contributed by atoms with van der Waals surface area (Å²) in [4.78, 5) is 0. The second-order valence-electron chi connectivity index (χ2n) is 13.4. The zero-order chi connectivity index (χ0) is 30.2. The van der Waals surface area contributed by atoms with Crippen molar-refractivity contribution in [1.29, 1.82) is 0 Å². The summed E-state index contributed by atoms with van der Waals surface area (Å²) >= 11 is 0. The number of epoxide rings is 1. The summed E-state index contributed by atoms with van der Waals surface area (Å²) in [5.74, 6) is -3.30. The third-order valence-electron chi connectivity index (χ3n) is 9.91. The van der Waals surface area contributed by atoms with E-state index in [1.54, 1.807) is 0 Å². The second kappa shape index (κ2) is 15.8. The van der Waals surface area contributed by atoms with Gasteiger partial charge < -0.3 is 9.47 Å². The third kappa shape index (κ3) is 8.99. The Labute approximate surface area is 255 Å². The van der Waals surface area contributed by atoms with Crippen LogP contribution in [0.3, 0.4) is 0 Å². The lowest BCUT2D eigenvalue weighted by Crippen LogP contribution is -2.17. The average molecular weight is 603 g/mol. The Morgan fingerprint density at radius 2 is 1.33 bits per heavy atom. The molecule has 0 bridgehead atoms. The molecule has 0 amide bonds.